The molecule has 0 bridgehead atoms. The number of carbonyl (C=O) groups is 1. The lowest BCUT2D eigenvalue weighted by Crippen LogP contribution is -2.50. The van der Waals surface area contributed by atoms with Crippen molar-refractivity contribution in [2.24, 2.45) is 0 Å². The summed E-state index contributed by atoms with van der Waals surface area (Å²) in [6, 6.07) is 18.9. The van der Waals surface area contributed by atoms with Crippen LogP contribution in [0.5, 0.6) is 0 Å². The van der Waals surface area contributed by atoms with E-state index in [2.05, 4.69) is 4.98 Å². The summed E-state index contributed by atoms with van der Waals surface area (Å²) in [6.07, 6.45) is 0. The minimum atomic E-state index is -3.66. The topological polar surface area (TPSA) is 94.4 Å². The first kappa shape index (κ1) is 19.1. The summed E-state index contributed by atoms with van der Waals surface area (Å²) in [4.78, 5) is 19.0. The zero-order chi connectivity index (χ0) is 20.4. The van der Waals surface area contributed by atoms with Gasteiger partial charge in [0.05, 0.1) is 22.0 Å². The van der Waals surface area contributed by atoms with Crippen molar-refractivity contribution < 1.29 is 13.2 Å². The predicted octanol–water partition coefficient (Wildman–Crippen LogP) is 2.25. The third kappa shape index (κ3) is 3.70. The Labute approximate surface area is 168 Å². The van der Waals surface area contributed by atoms with Gasteiger partial charge in [0.1, 0.15) is 5.69 Å². The van der Waals surface area contributed by atoms with Crippen molar-refractivity contribution in [3.63, 3.8) is 0 Å². The second-order valence-corrected chi connectivity index (χ2v) is 8.66. The number of piperazine rings is 1. The molecule has 2 heterocycles. The Morgan fingerprint density at radius 1 is 0.931 bits per heavy atom. The molecular weight excluding hydrogens is 388 g/mol. The second-order valence-electron chi connectivity index (χ2n) is 6.72. The van der Waals surface area contributed by atoms with Gasteiger partial charge in [-0.05, 0) is 36.4 Å². The van der Waals surface area contributed by atoms with Gasteiger partial charge < -0.3 is 4.90 Å². The quantitative estimate of drug-likeness (QED) is 0.665. The number of fused-ring (bicyclic) bond motifs is 1. The summed E-state index contributed by atoms with van der Waals surface area (Å²) >= 11 is 0. The minimum absolute atomic E-state index is 0.146. The molecule has 1 aromatic heterocycles. The SMILES string of the molecule is N#Cc1ccc(S(=O)(=O)N2CCN(C(=O)c3ccc4ccccc4n3)CC2)cc1. The van der Waals surface area contributed by atoms with Gasteiger partial charge in [0, 0.05) is 31.6 Å². The van der Waals surface area contributed by atoms with Gasteiger partial charge in [0.2, 0.25) is 10.0 Å². The smallest absolute Gasteiger partial charge is 0.272 e. The molecule has 0 aliphatic carbocycles. The summed E-state index contributed by atoms with van der Waals surface area (Å²) < 4.78 is 27.0. The van der Waals surface area contributed by atoms with Gasteiger partial charge in [-0.3, -0.25) is 4.79 Å². The molecule has 7 nitrogen and oxygen atoms in total. The Morgan fingerprint density at radius 2 is 1.62 bits per heavy atom. The number of aromatic nitrogens is 1. The van der Waals surface area contributed by atoms with Gasteiger partial charge in [-0.15, -0.1) is 0 Å². The number of hydrogen-bond acceptors (Lipinski definition) is 5. The van der Waals surface area contributed by atoms with Crippen molar-refractivity contribution in [3.8, 4) is 6.07 Å². The predicted molar refractivity (Wildman–Crippen MR) is 108 cm³/mol. The van der Waals surface area contributed by atoms with Gasteiger partial charge >= 0.3 is 0 Å². The Bertz CT molecular complexity index is 1210. The van der Waals surface area contributed by atoms with Crippen molar-refractivity contribution in [2.75, 3.05) is 26.2 Å². The fourth-order valence-electron chi connectivity index (χ4n) is 3.33. The van der Waals surface area contributed by atoms with Crippen LogP contribution >= 0.6 is 0 Å². The standard InChI is InChI=1S/C21H18N4O3S/c22-15-16-5-8-18(9-6-16)29(27,28)25-13-11-24(12-14-25)21(26)20-10-7-17-3-1-2-4-19(17)23-20/h1-10H,11-14H2. The Hall–Kier alpha value is -3.28. The molecule has 1 fully saturated rings. The van der Waals surface area contributed by atoms with E-state index >= 15 is 0 Å². The van der Waals surface area contributed by atoms with E-state index in [4.69, 9.17) is 5.26 Å². The normalized spacial score (nSPS) is 15.2. The van der Waals surface area contributed by atoms with Gasteiger partial charge in [-0.25, -0.2) is 13.4 Å². The lowest BCUT2D eigenvalue weighted by molar-refractivity contribution is 0.0692. The third-order valence-corrected chi connectivity index (χ3v) is 6.88. The average Bonchev–Trinajstić information content (AvgIpc) is 2.78. The van der Waals surface area contributed by atoms with Crippen molar-refractivity contribution in [1.82, 2.24) is 14.2 Å². The number of amides is 1. The van der Waals surface area contributed by atoms with E-state index in [1.807, 2.05) is 36.4 Å². The van der Waals surface area contributed by atoms with Gasteiger partial charge in [0.25, 0.3) is 5.91 Å². The van der Waals surface area contributed by atoms with Crippen molar-refractivity contribution in [3.05, 3.63) is 71.9 Å². The molecule has 0 radical (unpaired) electrons. The maximum absolute atomic E-state index is 12.8. The van der Waals surface area contributed by atoms with Crippen LogP contribution < -0.4 is 0 Å². The maximum atomic E-state index is 12.8. The minimum Gasteiger partial charge on any atom is -0.335 e. The van der Waals surface area contributed by atoms with Crippen LogP contribution in [0.25, 0.3) is 10.9 Å². The molecule has 2 aromatic carbocycles. The Morgan fingerprint density at radius 3 is 2.31 bits per heavy atom. The highest BCUT2D eigenvalue weighted by molar-refractivity contribution is 7.89. The fraction of sp³-hybridized carbons (Fsp3) is 0.190. The first-order valence-electron chi connectivity index (χ1n) is 9.14. The van der Waals surface area contributed by atoms with Crippen LogP contribution in [0.15, 0.2) is 65.6 Å². The van der Waals surface area contributed by atoms with Crippen LogP contribution in [0.4, 0.5) is 0 Å². The molecule has 1 amide bonds. The largest absolute Gasteiger partial charge is 0.335 e. The maximum Gasteiger partial charge on any atom is 0.272 e. The molecule has 4 rings (SSSR count). The third-order valence-electron chi connectivity index (χ3n) is 4.96. The summed E-state index contributed by atoms with van der Waals surface area (Å²) in [5, 5.41) is 9.82. The highest BCUT2D eigenvalue weighted by Gasteiger charge is 2.30. The number of para-hydroxylation sites is 1. The molecule has 0 unspecified atom stereocenters. The monoisotopic (exact) mass is 406 g/mol. The first-order valence-corrected chi connectivity index (χ1v) is 10.6. The number of hydrogen-bond donors (Lipinski definition) is 0. The number of nitriles is 1. The second kappa shape index (κ2) is 7.62. The zero-order valence-electron chi connectivity index (χ0n) is 15.5. The lowest BCUT2D eigenvalue weighted by atomic mass is 10.2. The van der Waals surface area contributed by atoms with E-state index < -0.39 is 10.0 Å². The molecule has 1 saturated heterocycles. The molecule has 0 saturated carbocycles. The Kier molecular flexibility index (Phi) is 5.01. The molecule has 1 aliphatic heterocycles. The molecule has 0 N–H and O–H groups in total. The van der Waals surface area contributed by atoms with Crippen LogP contribution in [0, 0.1) is 11.3 Å². The van der Waals surface area contributed by atoms with Crippen LogP contribution in [-0.4, -0.2) is 54.7 Å². The van der Waals surface area contributed by atoms with Crippen LogP contribution in [-0.2, 0) is 10.0 Å². The van der Waals surface area contributed by atoms with E-state index in [0.29, 0.717) is 24.3 Å². The summed E-state index contributed by atoms with van der Waals surface area (Å²) in [5.74, 6) is -0.203. The number of pyridine rings is 1. The van der Waals surface area contributed by atoms with Crippen LogP contribution in [0.3, 0.4) is 0 Å². The molecule has 1 aliphatic rings. The number of carbonyl (C=O) groups excluding carboxylic acids is 1. The zero-order valence-corrected chi connectivity index (χ0v) is 16.3. The fourth-order valence-corrected chi connectivity index (χ4v) is 4.75. The summed E-state index contributed by atoms with van der Waals surface area (Å²) in [5.41, 5.74) is 1.51. The van der Waals surface area contributed by atoms with Crippen LogP contribution in [0.2, 0.25) is 0 Å². The molecular formula is C21H18N4O3S. The molecule has 146 valence electrons. The summed E-state index contributed by atoms with van der Waals surface area (Å²) in [7, 11) is -3.66. The van der Waals surface area contributed by atoms with E-state index in [9.17, 15) is 13.2 Å². The Balaban J connectivity index is 1.46. The van der Waals surface area contributed by atoms with Crippen molar-refractivity contribution in [1.29, 1.82) is 5.26 Å². The van der Waals surface area contributed by atoms with E-state index in [1.54, 1.807) is 11.0 Å². The van der Waals surface area contributed by atoms with Crippen LogP contribution in [0.1, 0.15) is 16.1 Å². The highest BCUT2D eigenvalue weighted by atomic mass is 32.2. The molecule has 0 spiro atoms. The molecule has 0 atom stereocenters. The number of nitrogens with zero attached hydrogens (tertiary/aromatic N) is 4. The van der Waals surface area contributed by atoms with Gasteiger partial charge in [0.15, 0.2) is 0 Å². The summed E-state index contributed by atoms with van der Waals surface area (Å²) in [6.45, 7) is 1.01. The van der Waals surface area contributed by atoms with E-state index in [-0.39, 0.29) is 23.9 Å². The average molecular weight is 406 g/mol. The van der Waals surface area contributed by atoms with Crippen molar-refractivity contribution in [2.45, 2.75) is 4.90 Å². The number of sulfonamides is 1. The van der Waals surface area contributed by atoms with Gasteiger partial charge in [-0.2, -0.15) is 9.57 Å². The first-order chi connectivity index (χ1) is 14.0. The molecule has 3 aromatic rings. The van der Waals surface area contributed by atoms with E-state index in [1.165, 1.54) is 28.6 Å². The van der Waals surface area contributed by atoms with E-state index in [0.717, 1.165) is 10.9 Å². The number of rotatable bonds is 3. The van der Waals surface area contributed by atoms with Crippen molar-refractivity contribution >= 4 is 26.8 Å². The molecule has 8 heteroatoms. The van der Waals surface area contributed by atoms with Gasteiger partial charge in [-0.1, -0.05) is 24.3 Å². The highest BCUT2D eigenvalue weighted by Crippen LogP contribution is 2.19. The number of benzene rings is 2. The molecule has 29 heavy (non-hydrogen) atoms. The lowest BCUT2D eigenvalue weighted by Gasteiger charge is -2.33.